The van der Waals surface area contributed by atoms with E-state index in [2.05, 4.69) is 27.4 Å². The molecule has 0 spiro atoms. The van der Waals surface area contributed by atoms with E-state index in [1.807, 2.05) is 23.9 Å². The van der Waals surface area contributed by atoms with Gasteiger partial charge >= 0.3 is 6.18 Å². The predicted octanol–water partition coefficient (Wildman–Crippen LogP) is 5.64. The summed E-state index contributed by atoms with van der Waals surface area (Å²) in [5, 5.41) is 11.5. The summed E-state index contributed by atoms with van der Waals surface area (Å²) in [7, 11) is 1.87. The number of hydrogen-bond donors (Lipinski definition) is 1. The van der Waals surface area contributed by atoms with E-state index in [4.69, 9.17) is 0 Å². The van der Waals surface area contributed by atoms with Crippen LogP contribution < -0.4 is 10.2 Å². The van der Waals surface area contributed by atoms with Crippen LogP contribution in [0.2, 0.25) is 0 Å². The Bertz CT molecular complexity index is 1760. The molecule has 3 aromatic heterocycles. The number of alkyl halides is 5. The van der Waals surface area contributed by atoms with Crippen molar-refractivity contribution in [3.63, 3.8) is 0 Å². The van der Waals surface area contributed by atoms with Crippen molar-refractivity contribution in [1.82, 2.24) is 29.5 Å². The molecule has 0 atom stereocenters. The lowest BCUT2D eigenvalue weighted by Crippen LogP contribution is -2.58. The van der Waals surface area contributed by atoms with Crippen LogP contribution in [-0.4, -0.2) is 41.5 Å². The number of nitrogens with one attached hydrogen (secondary N) is 1. The highest BCUT2D eigenvalue weighted by atomic mass is 19.4. The van der Waals surface area contributed by atoms with Gasteiger partial charge in [0.1, 0.15) is 12.2 Å². The zero-order chi connectivity index (χ0) is 30.5. The Morgan fingerprint density at radius 3 is 2.51 bits per heavy atom. The van der Waals surface area contributed by atoms with E-state index in [0.29, 0.717) is 17.3 Å². The van der Waals surface area contributed by atoms with Crippen LogP contribution in [0, 0.1) is 5.92 Å². The average molecular weight is 600 g/mol. The normalized spacial score (nSPS) is 24.2. The molecule has 4 heterocycles. The first-order chi connectivity index (χ1) is 20.2. The van der Waals surface area contributed by atoms with Gasteiger partial charge in [0.2, 0.25) is 0 Å². The minimum Gasteiger partial charge on any atom is -0.320 e. The van der Waals surface area contributed by atoms with Gasteiger partial charge < -0.3 is 19.2 Å². The van der Waals surface area contributed by atoms with Gasteiger partial charge in [-0.2, -0.15) is 13.2 Å². The highest BCUT2D eigenvalue weighted by molar-refractivity contribution is 6.12. The molecule has 0 bridgehead atoms. The van der Waals surface area contributed by atoms with Crippen LogP contribution in [0.1, 0.15) is 78.0 Å². The molecule has 3 aliphatic rings. The number of rotatable bonds is 6. The van der Waals surface area contributed by atoms with Crippen molar-refractivity contribution in [2.75, 3.05) is 4.90 Å². The van der Waals surface area contributed by atoms with Crippen LogP contribution in [0.4, 0.5) is 27.6 Å². The van der Waals surface area contributed by atoms with Gasteiger partial charge in [-0.25, -0.2) is 13.8 Å². The van der Waals surface area contributed by atoms with Crippen LogP contribution in [0.3, 0.4) is 0 Å². The van der Waals surface area contributed by atoms with E-state index in [1.54, 1.807) is 30.0 Å². The lowest BCUT2D eigenvalue weighted by atomic mass is 9.59. The quantitative estimate of drug-likeness (QED) is 0.291. The van der Waals surface area contributed by atoms with Crippen LogP contribution in [0.5, 0.6) is 0 Å². The SMILES string of the molecule is CC1CC(c2cc(N3Cc4c(cc(CNC5(C)CC(F)(F)C5)cc4C(F)(F)F)C3=O)c3nccn3c2)(c2nncn2C)C1. The summed E-state index contributed by atoms with van der Waals surface area (Å²) >= 11 is 0. The molecule has 1 amide bonds. The number of fused-ring (bicyclic) bond motifs is 2. The first-order valence-electron chi connectivity index (χ1n) is 14.2. The number of carbonyl (C=O) groups excluding carboxylic acids is 1. The van der Waals surface area contributed by atoms with Crippen LogP contribution >= 0.6 is 0 Å². The molecule has 2 fully saturated rings. The second-order valence-electron chi connectivity index (χ2n) is 12.8. The van der Waals surface area contributed by atoms with Gasteiger partial charge in [0.05, 0.1) is 23.2 Å². The zero-order valence-corrected chi connectivity index (χ0v) is 23.8. The van der Waals surface area contributed by atoms with Gasteiger partial charge in [0.15, 0.2) is 5.65 Å². The number of nitrogens with zero attached hydrogens (tertiary/aromatic N) is 6. The lowest BCUT2D eigenvalue weighted by molar-refractivity contribution is -0.138. The molecular formula is C30H30F5N7O. The van der Waals surface area contributed by atoms with Crippen molar-refractivity contribution < 1.29 is 26.7 Å². The number of amides is 1. The largest absolute Gasteiger partial charge is 0.416 e. The van der Waals surface area contributed by atoms with Crippen molar-refractivity contribution in [2.45, 2.75) is 75.7 Å². The van der Waals surface area contributed by atoms with Crippen molar-refractivity contribution in [2.24, 2.45) is 13.0 Å². The smallest absolute Gasteiger partial charge is 0.320 e. The molecule has 2 aliphatic carbocycles. The Hall–Kier alpha value is -3.87. The summed E-state index contributed by atoms with van der Waals surface area (Å²) in [6.07, 6.45) is 3.01. The number of aryl methyl sites for hydroxylation is 1. The van der Waals surface area contributed by atoms with E-state index in [0.717, 1.165) is 30.3 Å². The number of hydrogen-bond acceptors (Lipinski definition) is 5. The number of benzene rings is 1. The fourth-order valence-corrected chi connectivity index (χ4v) is 7.42. The van der Waals surface area contributed by atoms with Crippen LogP contribution in [0.15, 0.2) is 43.1 Å². The molecule has 1 aromatic carbocycles. The Morgan fingerprint density at radius 2 is 1.88 bits per heavy atom. The van der Waals surface area contributed by atoms with Crippen molar-refractivity contribution >= 4 is 17.2 Å². The topological polar surface area (TPSA) is 80.3 Å². The molecule has 0 saturated heterocycles. The van der Waals surface area contributed by atoms with Crippen molar-refractivity contribution in [3.05, 3.63) is 76.8 Å². The van der Waals surface area contributed by atoms with E-state index >= 15 is 0 Å². The summed E-state index contributed by atoms with van der Waals surface area (Å²) in [4.78, 5) is 19.7. The summed E-state index contributed by atoms with van der Waals surface area (Å²) < 4.78 is 73.7. The van der Waals surface area contributed by atoms with Gasteiger partial charge in [0.25, 0.3) is 11.8 Å². The third-order valence-corrected chi connectivity index (χ3v) is 9.27. The fraction of sp³-hybridized carbons (Fsp3) is 0.467. The zero-order valence-electron chi connectivity index (χ0n) is 23.8. The number of carbonyl (C=O) groups is 1. The van der Waals surface area contributed by atoms with E-state index < -0.39 is 47.4 Å². The van der Waals surface area contributed by atoms with Crippen LogP contribution in [0.25, 0.3) is 5.65 Å². The molecule has 13 heteroatoms. The number of imidazole rings is 1. The standard InChI is InChI=1S/C30H30F5N7O/c1-17-9-28(10-17,26-39-38-16-40(26)3)19-8-23(24-36-4-5-41(24)12-19)42-13-21-20(25(42)43)6-18(7-22(21)30(33,34)35)11-37-27(2)14-29(31,32)15-27/h4-8,12,16-17,37H,9-11,13-15H2,1-3H3. The molecule has 7 rings (SSSR count). The summed E-state index contributed by atoms with van der Waals surface area (Å²) in [6, 6.07) is 4.31. The van der Waals surface area contributed by atoms with Gasteiger partial charge in [-0.3, -0.25) is 4.79 Å². The Morgan fingerprint density at radius 1 is 1.14 bits per heavy atom. The Labute approximate surface area is 243 Å². The third kappa shape index (κ3) is 4.42. The first kappa shape index (κ1) is 27.9. The molecule has 1 aliphatic heterocycles. The maximum atomic E-state index is 14.4. The summed E-state index contributed by atoms with van der Waals surface area (Å²) in [6.45, 7) is 3.41. The number of pyridine rings is 1. The third-order valence-electron chi connectivity index (χ3n) is 9.27. The monoisotopic (exact) mass is 599 g/mol. The second-order valence-corrected chi connectivity index (χ2v) is 12.8. The second kappa shape index (κ2) is 9.07. The molecule has 0 unspecified atom stereocenters. The van der Waals surface area contributed by atoms with E-state index in [-0.39, 0.29) is 29.8 Å². The maximum absolute atomic E-state index is 14.4. The maximum Gasteiger partial charge on any atom is 0.416 e. The number of aromatic nitrogens is 5. The van der Waals surface area contributed by atoms with Crippen molar-refractivity contribution in [1.29, 1.82) is 0 Å². The van der Waals surface area contributed by atoms with E-state index in [9.17, 15) is 26.7 Å². The van der Waals surface area contributed by atoms with Crippen molar-refractivity contribution in [3.8, 4) is 0 Å². The lowest BCUT2D eigenvalue weighted by Gasteiger charge is -2.46. The predicted molar refractivity (Wildman–Crippen MR) is 147 cm³/mol. The molecule has 2 saturated carbocycles. The highest BCUT2D eigenvalue weighted by Crippen LogP contribution is 2.52. The first-order valence-corrected chi connectivity index (χ1v) is 14.2. The van der Waals surface area contributed by atoms with Gasteiger partial charge in [-0.1, -0.05) is 6.92 Å². The van der Waals surface area contributed by atoms with Gasteiger partial charge in [-0.15, -0.1) is 10.2 Å². The number of anilines is 1. The van der Waals surface area contributed by atoms with Gasteiger partial charge in [-0.05, 0) is 60.6 Å². The highest BCUT2D eigenvalue weighted by Gasteiger charge is 2.53. The molecule has 8 nitrogen and oxygen atoms in total. The Kier molecular flexibility index (Phi) is 5.89. The van der Waals surface area contributed by atoms with E-state index in [1.165, 1.54) is 11.0 Å². The fourth-order valence-electron chi connectivity index (χ4n) is 7.42. The summed E-state index contributed by atoms with van der Waals surface area (Å²) in [5.74, 6) is -2.16. The average Bonchev–Trinajstić information content (AvgIpc) is 3.62. The molecule has 1 N–H and O–H groups in total. The Balaban J connectivity index is 1.28. The molecule has 4 aromatic rings. The van der Waals surface area contributed by atoms with Gasteiger partial charge in [0, 0.05) is 56.1 Å². The summed E-state index contributed by atoms with van der Waals surface area (Å²) in [5.41, 5.74) is -0.495. The van der Waals surface area contributed by atoms with Crippen LogP contribution in [-0.2, 0) is 31.7 Å². The minimum absolute atomic E-state index is 0.0499. The molecular weight excluding hydrogens is 569 g/mol. The molecule has 43 heavy (non-hydrogen) atoms. The minimum atomic E-state index is -4.72. The molecule has 0 radical (unpaired) electrons. The number of halogens is 5. The molecule has 226 valence electrons.